The number of carbonyl (C=O) groups excluding carboxylic acids is 2. The van der Waals surface area contributed by atoms with Crippen LogP contribution in [-0.4, -0.2) is 56.3 Å². The Labute approximate surface area is 311 Å². The second-order valence-corrected chi connectivity index (χ2v) is 14.2. The summed E-state index contributed by atoms with van der Waals surface area (Å²) < 4.78 is 33.0. The summed E-state index contributed by atoms with van der Waals surface area (Å²) in [4.78, 5) is 34.9. The summed E-state index contributed by atoms with van der Waals surface area (Å²) in [5.41, 5.74) is 0. The molecule has 0 aromatic heterocycles. The van der Waals surface area contributed by atoms with E-state index in [1.54, 1.807) is 7.05 Å². The van der Waals surface area contributed by atoms with Gasteiger partial charge in [0.1, 0.15) is 6.61 Å². The number of hydrogen-bond acceptors (Lipinski definition) is 8. The molecule has 2 atom stereocenters. The molecule has 0 saturated heterocycles. The fourth-order valence-corrected chi connectivity index (χ4v) is 5.69. The van der Waals surface area contributed by atoms with Gasteiger partial charge in [-0.1, -0.05) is 145 Å². The molecule has 0 aromatic rings. The maximum absolute atomic E-state index is 12.6. The summed E-state index contributed by atoms with van der Waals surface area (Å²) in [6, 6.07) is 0. The zero-order valence-corrected chi connectivity index (χ0v) is 33.2. The summed E-state index contributed by atoms with van der Waals surface area (Å²) in [6.45, 7) is 4.02. The van der Waals surface area contributed by atoms with E-state index in [0.717, 1.165) is 57.8 Å². The minimum atomic E-state index is -4.36. The third-order valence-corrected chi connectivity index (χ3v) is 8.89. The lowest BCUT2D eigenvalue weighted by atomic mass is 10.0. The standard InChI is InChI=1S/C41H72NO8P/c1-4-6-8-10-12-14-16-18-19-20-21-22-24-25-27-29-31-33-40(43)47-37-39(38-49-51(45,46)48-36-35-42-3)50-41(44)34-32-30-28-26-23-17-15-13-11-9-7-5-2/h6,8,12,14,18-19,21-22,25,27,39,42H,4-5,7,9-11,13,15-17,20,23-24,26,28-38H2,1-3H3,(H,45,46)/b8-6-,14-12-,19-18-,22-21-,27-25-. The number of ether oxygens (including phenoxy) is 2. The molecule has 0 rings (SSSR count). The number of hydrogen-bond donors (Lipinski definition) is 2. The van der Waals surface area contributed by atoms with Crippen LogP contribution in [0.2, 0.25) is 0 Å². The average Bonchev–Trinajstić information content (AvgIpc) is 3.11. The predicted octanol–water partition coefficient (Wildman–Crippen LogP) is 10.8. The van der Waals surface area contributed by atoms with Gasteiger partial charge in [0.05, 0.1) is 13.2 Å². The van der Waals surface area contributed by atoms with Gasteiger partial charge >= 0.3 is 19.8 Å². The maximum Gasteiger partial charge on any atom is 0.472 e. The highest BCUT2D eigenvalue weighted by Crippen LogP contribution is 2.43. The molecule has 0 heterocycles. The van der Waals surface area contributed by atoms with Gasteiger partial charge in [-0.2, -0.15) is 0 Å². The van der Waals surface area contributed by atoms with E-state index in [9.17, 15) is 19.0 Å². The molecule has 0 aliphatic heterocycles. The Morgan fingerprint density at radius 2 is 1.12 bits per heavy atom. The van der Waals surface area contributed by atoms with Crippen molar-refractivity contribution in [1.29, 1.82) is 0 Å². The van der Waals surface area contributed by atoms with Crippen molar-refractivity contribution in [2.45, 2.75) is 155 Å². The molecule has 2 unspecified atom stereocenters. The minimum absolute atomic E-state index is 0.0272. The van der Waals surface area contributed by atoms with E-state index in [2.05, 4.69) is 73.8 Å². The van der Waals surface area contributed by atoms with Crippen molar-refractivity contribution in [1.82, 2.24) is 5.32 Å². The van der Waals surface area contributed by atoms with Crippen LogP contribution in [0.5, 0.6) is 0 Å². The highest BCUT2D eigenvalue weighted by atomic mass is 31.2. The van der Waals surface area contributed by atoms with Gasteiger partial charge in [0.2, 0.25) is 0 Å². The normalized spacial score (nSPS) is 14.0. The highest BCUT2D eigenvalue weighted by Gasteiger charge is 2.26. The van der Waals surface area contributed by atoms with Crippen LogP contribution in [0.3, 0.4) is 0 Å². The van der Waals surface area contributed by atoms with Crippen molar-refractivity contribution in [2.24, 2.45) is 0 Å². The Hall–Kier alpha value is -2.29. The molecule has 0 aromatic carbocycles. The first-order chi connectivity index (χ1) is 24.8. The van der Waals surface area contributed by atoms with Crippen molar-refractivity contribution in [3.05, 3.63) is 60.8 Å². The SMILES string of the molecule is CC/C=C\C/C=C\C/C=C\C/C=C\C/C=C\CCCC(=O)OCC(COP(=O)(O)OCCNC)OC(=O)CCCCCCCCCCCCCC. The van der Waals surface area contributed by atoms with E-state index in [1.807, 2.05) is 6.08 Å². The van der Waals surface area contributed by atoms with Gasteiger partial charge in [0.15, 0.2) is 6.10 Å². The van der Waals surface area contributed by atoms with E-state index in [-0.39, 0.29) is 26.1 Å². The van der Waals surface area contributed by atoms with Gasteiger partial charge in [-0.3, -0.25) is 18.6 Å². The van der Waals surface area contributed by atoms with Crippen LogP contribution in [0.1, 0.15) is 149 Å². The van der Waals surface area contributed by atoms with Gasteiger partial charge in [-0.05, 0) is 58.4 Å². The molecular formula is C41H72NO8P. The molecule has 294 valence electrons. The smallest absolute Gasteiger partial charge is 0.462 e. The van der Waals surface area contributed by atoms with Gasteiger partial charge in [-0.15, -0.1) is 0 Å². The second kappa shape index (κ2) is 37.5. The largest absolute Gasteiger partial charge is 0.472 e. The Kier molecular flexibility index (Phi) is 35.8. The first-order valence-corrected chi connectivity index (χ1v) is 21.2. The Bertz CT molecular complexity index is 1020. The van der Waals surface area contributed by atoms with Crippen LogP contribution < -0.4 is 5.32 Å². The Morgan fingerprint density at radius 1 is 0.627 bits per heavy atom. The van der Waals surface area contributed by atoms with Crippen LogP contribution in [0.15, 0.2) is 60.8 Å². The molecule has 9 nitrogen and oxygen atoms in total. The minimum Gasteiger partial charge on any atom is -0.462 e. The van der Waals surface area contributed by atoms with Crippen molar-refractivity contribution >= 4 is 19.8 Å². The Balaban J connectivity index is 4.38. The number of unbranched alkanes of at least 4 members (excludes halogenated alkanes) is 12. The lowest BCUT2D eigenvalue weighted by molar-refractivity contribution is -0.161. The number of allylic oxidation sites excluding steroid dienone is 10. The van der Waals surface area contributed by atoms with E-state index in [0.29, 0.717) is 19.4 Å². The number of rotatable bonds is 36. The third-order valence-electron chi connectivity index (χ3n) is 7.90. The van der Waals surface area contributed by atoms with E-state index in [4.69, 9.17) is 18.5 Å². The van der Waals surface area contributed by atoms with E-state index < -0.39 is 32.5 Å². The van der Waals surface area contributed by atoms with Gasteiger partial charge in [-0.25, -0.2) is 4.57 Å². The van der Waals surface area contributed by atoms with Gasteiger partial charge < -0.3 is 19.7 Å². The molecule has 0 radical (unpaired) electrons. The van der Waals surface area contributed by atoms with Crippen LogP contribution in [-0.2, 0) is 32.7 Å². The molecule has 2 N–H and O–H groups in total. The molecule has 0 aliphatic rings. The number of esters is 2. The molecular weight excluding hydrogens is 665 g/mol. The summed E-state index contributed by atoms with van der Waals surface area (Å²) in [7, 11) is -2.67. The quantitative estimate of drug-likeness (QED) is 0.0280. The predicted molar refractivity (Wildman–Crippen MR) is 210 cm³/mol. The second-order valence-electron chi connectivity index (χ2n) is 12.7. The Morgan fingerprint density at radius 3 is 1.65 bits per heavy atom. The lowest BCUT2D eigenvalue weighted by Crippen LogP contribution is -2.29. The number of phosphoric acid groups is 1. The number of nitrogens with one attached hydrogen (secondary N) is 1. The van der Waals surface area contributed by atoms with E-state index >= 15 is 0 Å². The van der Waals surface area contributed by atoms with Crippen LogP contribution >= 0.6 is 7.82 Å². The highest BCUT2D eigenvalue weighted by molar-refractivity contribution is 7.47. The number of likely N-dealkylation sites (N-methyl/N-ethyl adjacent to an activating group) is 1. The average molecular weight is 738 g/mol. The fraction of sp³-hybridized carbons (Fsp3) is 0.707. The van der Waals surface area contributed by atoms with Crippen molar-refractivity contribution in [2.75, 3.05) is 33.4 Å². The monoisotopic (exact) mass is 737 g/mol. The lowest BCUT2D eigenvalue weighted by Gasteiger charge is -2.20. The zero-order chi connectivity index (χ0) is 37.5. The number of phosphoric ester groups is 1. The third kappa shape index (κ3) is 37.3. The fourth-order valence-electron chi connectivity index (χ4n) is 4.94. The first-order valence-electron chi connectivity index (χ1n) is 19.7. The van der Waals surface area contributed by atoms with Crippen molar-refractivity contribution in [3.8, 4) is 0 Å². The van der Waals surface area contributed by atoms with Crippen molar-refractivity contribution in [3.63, 3.8) is 0 Å². The van der Waals surface area contributed by atoms with Crippen molar-refractivity contribution < 1.29 is 37.6 Å². The molecule has 0 saturated carbocycles. The first kappa shape index (κ1) is 48.7. The van der Waals surface area contributed by atoms with Gasteiger partial charge in [0.25, 0.3) is 0 Å². The van der Waals surface area contributed by atoms with E-state index in [1.165, 1.54) is 51.4 Å². The summed E-state index contributed by atoms with van der Waals surface area (Å²) in [5.74, 6) is -0.879. The number of carbonyl (C=O) groups is 2. The molecule has 0 spiro atoms. The van der Waals surface area contributed by atoms with Crippen LogP contribution in [0.4, 0.5) is 0 Å². The van der Waals surface area contributed by atoms with Crippen LogP contribution in [0.25, 0.3) is 0 Å². The molecule has 0 bridgehead atoms. The topological polar surface area (TPSA) is 120 Å². The molecule has 0 amide bonds. The zero-order valence-electron chi connectivity index (χ0n) is 32.3. The summed E-state index contributed by atoms with van der Waals surface area (Å²) in [6.07, 6.45) is 41.3. The van der Waals surface area contributed by atoms with Gasteiger partial charge in [0, 0.05) is 19.4 Å². The summed E-state index contributed by atoms with van der Waals surface area (Å²) >= 11 is 0. The summed E-state index contributed by atoms with van der Waals surface area (Å²) in [5, 5.41) is 2.81. The van der Waals surface area contributed by atoms with Crippen LogP contribution in [0, 0.1) is 0 Å². The molecule has 51 heavy (non-hydrogen) atoms. The molecule has 0 aliphatic carbocycles. The molecule has 0 fully saturated rings. The molecule has 10 heteroatoms. The maximum atomic E-state index is 12.6.